The van der Waals surface area contributed by atoms with Gasteiger partial charge in [-0.15, -0.1) is 0 Å². The van der Waals surface area contributed by atoms with Crippen LogP contribution in [0, 0.1) is 0 Å². The van der Waals surface area contributed by atoms with Gasteiger partial charge in [0.05, 0.1) is 7.11 Å². The lowest BCUT2D eigenvalue weighted by Gasteiger charge is -2.40. The molecule has 2 fully saturated rings. The minimum atomic E-state index is 0.732. The van der Waals surface area contributed by atoms with Gasteiger partial charge in [0.25, 0.3) is 0 Å². The fourth-order valence-electron chi connectivity index (χ4n) is 3.86. The van der Waals surface area contributed by atoms with Crippen LogP contribution in [0.15, 0.2) is 36.4 Å². The summed E-state index contributed by atoms with van der Waals surface area (Å²) in [6, 6.07) is 14.6. The second kappa shape index (κ2) is 4.92. The Labute approximate surface area is 126 Å². The summed E-state index contributed by atoms with van der Waals surface area (Å²) in [4.78, 5) is 5.13. The van der Waals surface area contributed by atoms with E-state index in [1.807, 2.05) is 6.07 Å². The van der Waals surface area contributed by atoms with Crippen molar-refractivity contribution in [3.8, 4) is 5.75 Å². The molecule has 2 aromatic carbocycles. The molecule has 0 radical (unpaired) electrons. The van der Waals surface area contributed by atoms with Gasteiger partial charge in [0, 0.05) is 30.9 Å². The summed E-state index contributed by atoms with van der Waals surface area (Å²) in [6.45, 7) is 2.32. The molecule has 2 atom stereocenters. The lowest BCUT2D eigenvalue weighted by atomic mass is 10.1. The highest BCUT2D eigenvalue weighted by Gasteiger charge is 2.37. The number of rotatable bonds is 2. The Balaban J connectivity index is 1.65. The van der Waals surface area contributed by atoms with Crippen molar-refractivity contribution in [3.05, 3.63) is 36.4 Å². The van der Waals surface area contributed by atoms with Crippen molar-refractivity contribution in [2.75, 3.05) is 32.1 Å². The van der Waals surface area contributed by atoms with Crippen LogP contribution in [-0.4, -0.2) is 44.2 Å². The van der Waals surface area contributed by atoms with Crippen LogP contribution in [-0.2, 0) is 0 Å². The third kappa shape index (κ3) is 2.16. The van der Waals surface area contributed by atoms with E-state index in [0.717, 1.165) is 30.9 Å². The summed E-state index contributed by atoms with van der Waals surface area (Å²) in [5.74, 6) is 0.924. The van der Waals surface area contributed by atoms with Gasteiger partial charge in [-0.1, -0.05) is 12.1 Å². The monoisotopic (exact) mass is 282 g/mol. The molecule has 2 aliphatic rings. The topological polar surface area (TPSA) is 15.7 Å². The molecule has 21 heavy (non-hydrogen) atoms. The summed E-state index contributed by atoms with van der Waals surface area (Å²) in [6.07, 6.45) is 2.70. The quantitative estimate of drug-likeness (QED) is 0.841. The summed E-state index contributed by atoms with van der Waals surface area (Å²) < 4.78 is 5.30. The molecule has 110 valence electrons. The van der Waals surface area contributed by atoms with Gasteiger partial charge in [-0.25, -0.2) is 0 Å². The minimum absolute atomic E-state index is 0.732. The fraction of sp³-hybridized carbons (Fsp3) is 0.444. The number of fused-ring (bicyclic) bond motifs is 3. The van der Waals surface area contributed by atoms with Crippen molar-refractivity contribution >= 4 is 16.5 Å². The third-order valence-corrected chi connectivity index (χ3v) is 5.24. The summed E-state index contributed by atoms with van der Waals surface area (Å²) in [7, 11) is 4.00. The Morgan fingerprint density at radius 2 is 1.62 bits per heavy atom. The number of methoxy groups -OCH3 is 1. The van der Waals surface area contributed by atoms with Gasteiger partial charge in [-0.2, -0.15) is 0 Å². The van der Waals surface area contributed by atoms with Crippen molar-refractivity contribution in [1.29, 1.82) is 0 Å². The van der Waals surface area contributed by atoms with Crippen LogP contribution in [0.5, 0.6) is 5.75 Å². The van der Waals surface area contributed by atoms with Crippen molar-refractivity contribution in [2.45, 2.75) is 24.9 Å². The van der Waals surface area contributed by atoms with E-state index < -0.39 is 0 Å². The lowest BCUT2D eigenvalue weighted by Crippen LogP contribution is -2.52. The lowest BCUT2D eigenvalue weighted by molar-refractivity contribution is 0.212. The standard InChI is InChI=1S/C18H22N2O/c1-19-16-6-7-17(19)12-20(11-16)15-5-3-14-10-18(21-2)8-4-13(14)9-15/h3-5,8-10,16-17H,6-7,11-12H2,1-2H3. The average molecular weight is 282 g/mol. The highest BCUT2D eigenvalue weighted by molar-refractivity contribution is 5.87. The molecule has 2 aromatic rings. The molecule has 0 aliphatic carbocycles. The van der Waals surface area contributed by atoms with Crippen molar-refractivity contribution in [3.63, 3.8) is 0 Å². The summed E-state index contributed by atoms with van der Waals surface area (Å²) in [5.41, 5.74) is 1.36. The van der Waals surface area contributed by atoms with Crippen LogP contribution in [0.4, 0.5) is 5.69 Å². The van der Waals surface area contributed by atoms with E-state index in [4.69, 9.17) is 4.74 Å². The van der Waals surface area contributed by atoms with E-state index in [1.165, 1.54) is 29.3 Å². The molecule has 3 heteroatoms. The molecule has 0 N–H and O–H groups in total. The van der Waals surface area contributed by atoms with Crippen molar-refractivity contribution in [1.82, 2.24) is 4.90 Å². The second-order valence-electron chi connectivity index (χ2n) is 6.35. The number of nitrogens with zero attached hydrogens (tertiary/aromatic N) is 2. The van der Waals surface area contributed by atoms with Crippen LogP contribution >= 0.6 is 0 Å². The second-order valence-corrected chi connectivity index (χ2v) is 6.35. The average Bonchev–Trinajstić information content (AvgIpc) is 2.75. The maximum Gasteiger partial charge on any atom is 0.119 e. The number of ether oxygens (including phenoxy) is 1. The molecule has 0 amide bonds. The van der Waals surface area contributed by atoms with Gasteiger partial charge in [-0.05, 0) is 54.9 Å². The Hall–Kier alpha value is -1.74. The van der Waals surface area contributed by atoms with E-state index in [-0.39, 0.29) is 0 Å². The smallest absolute Gasteiger partial charge is 0.119 e. The molecule has 2 heterocycles. The zero-order chi connectivity index (χ0) is 14.4. The van der Waals surface area contributed by atoms with Crippen LogP contribution in [0.25, 0.3) is 10.8 Å². The molecule has 2 bridgehead atoms. The molecule has 2 aliphatic heterocycles. The molecule has 0 spiro atoms. The number of likely N-dealkylation sites (N-methyl/N-ethyl adjacent to an activating group) is 1. The van der Waals surface area contributed by atoms with Gasteiger partial charge >= 0.3 is 0 Å². The Bertz CT molecular complexity index is 655. The number of hydrogen-bond acceptors (Lipinski definition) is 3. The van der Waals surface area contributed by atoms with E-state index in [0.29, 0.717) is 0 Å². The minimum Gasteiger partial charge on any atom is -0.497 e. The molecule has 2 saturated heterocycles. The molecule has 0 saturated carbocycles. The van der Waals surface area contributed by atoms with Crippen molar-refractivity contribution < 1.29 is 4.74 Å². The highest BCUT2D eigenvalue weighted by Crippen LogP contribution is 2.33. The van der Waals surface area contributed by atoms with Gasteiger partial charge < -0.3 is 9.64 Å². The SMILES string of the molecule is COc1ccc2cc(N3CC4CCC(C3)N4C)ccc2c1. The number of benzene rings is 2. The normalized spacial score (nSPS) is 25.5. The van der Waals surface area contributed by atoms with E-state index in [9.17, 15) is 0 Å². The predicted octanol–water partition coefficient (Wildman–Crippen LogP) is 3.13. The largest absolute Gasteiger partial charge is 0.497 e. The number of anilines is 1. The zero-order valence-corrected chi connectivity index (χ0v) is 12.7. The molecule has 3 nitrogen and oxygen atoms in total. The molecular weight excluding hydrogens is 260 g/mol. The van der Waals surface area contributed by atoms with Crippen molar-refractivity contribution in [2.24, 2.45) is 0 Å². The predicted molar refractivity (Wildman–Crippen MR) is 87.3 cm³/mol. The van der Waals surface area contributed by atoms with Crippen LogP contribution in [0.2, 0.25) is 0 Å². The van der Waals surface area contributed by atoms with Gasteiger partial charge in [0.2, 0.25) is 0 Å². The first kappa shape index (κ1) is 13.0. The maximum atomic E-state index is 5.30. The molecule has 0 aromatic heterocycles. The first-order valence-electron chi connectivity index (χ1n) is 7.79. The van der Waals surface area contributed by atoms with Gasteiger partial charge in [0.15, 0.2) is 0 Å². The van der Waals surface area contributed by atoms with Crippen LogP contribution in [0.1, 0.15) is 12.8 Å². The van der Waals surface area contributed by atoms with Crippen LogP contribution in [0.3, 0.4) is 0 Å². The zero-order valence-electron chi connectivity index (χ0n) is 12.7. The van der Waals surface area contributed by atoms with Crippen LogP contribution < -0.4 is 9.64 Å². The first-order valence-corrected chi connectivity index (χ1v) is 7.79. The van der Waals surface area contributed by atoms with Gasteiger partial charge in [0.1, 0.15) is 5.75 Å². The van der Waals surface area contributed by atoms with E-state index in [2.05, 4.69) is 47.2 Å². The Morgan fingerprint density at radius 1 is 0.952 bits per heavy atom. The Morgan fingerprint density at radius 3 is 2.33 bits per heavy atom. The molecular formula is C18H22N2O. The summed E-state index contributed by atoms with van der Waals surface area (Å²) >= 11 is 0. The highest BCUT2D eigenvalue weighted by atomic mass is 16.5. The fourth-order valence-corrected chi connectivity index (χ4v) is 3.86. The Kier molecular flexibility index (Phi) is 3.03. The first-order chi connectivity index (χ1) is 10.2. The number of hydrogen-bond donors (Lipinski definition) is 0. The molecule has 2 unspecified atom stereocenters. The van der Waals surface area contributed by atoms with Gasteiger partial charge in [-0.3, -0.25) is 4.90 Å². The third-order valence-electron chi connectivity index (χ3n) is 5.24. The molecule has 4 rings (SSSR count). The number of piperazine rings is 1. The van der Waals surface area contributed by atoms with E-state index in [1.54, 1.807) is 7.11 Å². The summed E-state index contributed by atoms with van der Waals surface area (Å²) in [5, 5.41) is 2.54. The van der Waals surface area contributed by atoms with E-state index >= 15 is 0 Å². The maximum absolute atomic E-state index is 5.30.